The van der Waals surface area contributed by atoms with Gasteiger partial charge in [0.25, 0.3) is 0 Å². The van der Waals surface area contributed by atoms with Crippen molar-refractivity contribution in [3.8, 4) is 6.19 Å². The van der Waals surface area contributed by atoms with E-state index in [0.717, 1.165) is 5.84 Å². The highest BCUT2D eigenvalue weighted by molar-refractivity contribution is 5.80. The molecule has 0 aromatic carbocycles. The summed E-state index contributed by atoms with van der Waals surface area (Å²) >= 11 is 0. The van der Waals surface area contributed by atoms with Crippen LogP contribution in [0.15, 0.2) is 4.99 Å². The number of amidine groups is 1. The molecule has 0 amide bonds. The van der Waals surface area contributed by atoms with Gasteiger partial charge >= 0.3 is 0 Å². The maximum atomic E-state index is 8.20. The van der Waals surface area contributed by atoms with Crippen molar-refractivity contribution < 1.29 is 0 Å². The van der Waals surface area contributed by atoms with Crippen molar-refractivity contribution >= 4 is 5.84 Å². The largest absolute Gasteiger partial charge is 0.360 e. The first-order valence-electron chi connectivity index (χ1n) is 3.25. The molecule has 0 aromatic rings. The fourth-order valence-corrected chi connectivity index (χ4v) is 0.525. The molecule has 0 heterocycles. The minimum absolute atomic E-state index is 0.400. The third-order valence-electron chi connectivity index (χ3n) is 1.50. The fraction of sp³-hybridized carbons (Fsp3) is 0.714. The van der Waals surface area contributed by atoms with E-state index in [4.69, 9.17) is 5.26 Å². The summed E-state index contributed by atoms with van der Waals surface area (Å²) in [7, 11) is 1.92. The second-order valence-corrected chi connectivity index (χ2v) is 2.46. The first-order chi connectivity index (χ1) is 4.59. The molecule has 0 aliphatic heterocycles. The zero-order valence-corrected chi connectivity index (χ0v) is 6.92. The summed E-state index contributed by atoms with van der Waals surface area (Å²) in [6, 6.07) is 0.400. The molecule has 10 heavy (non-hydrogen) atoms. The Morgan fingerprint density at radius 3 is 2.40 bits per heavy atom. The first-order valence-corrected chi connectivity index (χ1v) is 3.25. The Hall–Kier alpha value is -1.04. The summed E-state index contributed by atoms with van der Waals surface area (Å²) in [5.41, 5.74) is 0. The van der Waals surface area contributed by atoms with Crippen LogP contribution < -0.4 is 0 Å². The Morgan fingerprint density at radius 1 is 1.60 bits per heavy atom. The summed E-state index contributed by atoms with van der Waals surface area (Å²) in [6.07, 6.45) is 1.75. The van der Waals surface area contributed by atoms with Gasteiger partial charge in [-0.2, -0.15) is 10.3 Å². The zero-order chi connectivity index (χ0) is 8.15. The van der Waals surface area contributed by atoms with Crippen LogP contribution in [0.25, 0.3) is 0 Å². The molecule has 0 radical (unpaired) electrons. The smallest absolute Gasteiger partial charge is 0.207 e. The lowest BCUT2D eigenvalue weighted by atomic mass is 10.3. The van der Waals surface area contributed by atoms with E-state index in [1.807, 2.05) is 18.9 Å². The molecule has 0 saturated carbocycles. The maximum Gasteiger partial charge on any atom is 0.207 e. The fourth-order valence-electron chi connectivity index (χ4n) is 0.525. The average molecular weight is 139 g/mol. The van der Waals surface area contributed by atoms with Crippen molar-refractivity contribution in [2.24, 2.45) is 4.99 Å². The summed E-state index contributed by atoms with van der Waals surface area (Å²) in [4.78, 5) is 5.54. The van der Waals surface area contributed by atoms with E-state index in [9.17, 15) is 0 Å². The molecule has 0 unspecified atom stereocenters. The number of nitriles is 1. The van der Waals surface area contributed by atoms with Gasteiger partial charge in [0.05, 0.1) is 0 Å². The molecule has 0 saturated heterocycles. The Morgan fingerprint density at radius 2 is 2.10 bits per heavy atom. The van der Waals surface area contributed by atoms with Gasteiger partial charge in [0.1, 0.15) is 5.84 Å². The summed E-state index contributed by atoms with van der Waals surface area (Å²) in [6.45, 7) is 5.93. The van der Waals surface area contributed by atoms with Gasteiger partial charge in [0, 0.05) is 13.1 Å². The molecule has 0 aliphatic rings. The Labute approximate surface area is 62.0 Å². The van der Waals surface area contributed by atoms with Gasteiger partial charge in [0.15, 0.2) is 0 Å². The quantitative estimate of drug-likeness (QED) is 0.311. The summed E-state index contributed by atoms with van der Waals surface area (Å²) in [5, 5.41) is 8.20. The lowest BCUT2D eigenvalue weighted by Crippen LogP contribution is -2.30. The van der Waals surface area contributed by atoms with E-state index < -0.39 is 0 Å². The Bertz CT molecular complexity index is 164. The van der Waals surface area contributed by atoms with E-state index in [0.29, 0.717) is 6.04 Å². The van der Waals surface area contributed by atoms with Gasteiger partial charge in [0.2, 0.25) is 6.19 Å². The topological polar surface area (TPSA) is 39.4 Å². The van der Waals surface area contributed by atoms with Crippen molar-refractivity contribution in [1.82, 2.24) is 4.90 Å². The monoisotopic (exact) mass is 139 g/mol. The molecule has 3 nitrogen and oxygen atoms in total. The highest BCUT2D eigenvalue weighted by atomic mass is 15.2. The highest BCUT2D eigenvalue weighted by Crippen LogP contribution is 1.94. The third-order valence-corrected chi connectivity index (χ3v) is 1.50. The zero-order valence-electron chi connectivity index (χ0n) is 6.92. The molecule has 0 aromatic heterocycles. The minimum Gasteiger partial charge on any atom is -0.360 e. The highest BCUT2D eigenvalue weighted by Gasteiger charge is 2.03. The normalized spacial score (nSPS) is 11.4. The van der Waals surface area contributed by atoms with E-state index in [1.165, 1.54) is 0 Å². The first kappa shape index (κ1) is 8.96. The molecule has 0 aliphatic carbocycles. The molecule has 0 rings (SSSR count). The Kier molecular flexibility index (Phi) is 3.48. The van der Waals surface area contributed by atoms with Crippen molar-refractivity contribution in [3.63, 3.8) is 0 Å². The molecule has 0 fully saturated rings. The maximum absolute atomic E-state index is 8.20. The predicted molar refractivity (Wildman–Crippen MR) is 41.6 cm³/mol. The van der Waals surface area contributed by atoms with Gasteiger partial charge in [-0.15, -0.1) is 0 Å². The molecular formula is C7H13N3. The number of rotatable bonds is 1. The molecule has 0 N–H and O–H groups in total. The van der Waals surface area contributed by atoms with Gasteiger partial charge in [-0.25, -0.2) is 0 Å². The standard InChI is InChI=1S/C7H13N3/c1-6(2)10(4)7(3)9-5-8/h6H,1-4H3/b9-7+. The van der Waals surface area contributed by atoms with Gasteiger partial charge in [-0.05, 0) is 20.8 Å². The molecule has 56 valence electrons. The van der Waals surface area contributed by atoms with E-state index in [-0.39, 0.29) is 0 Å². The van der Waals surface area contributed by atoms with Crippen LogP contribution >= 0.6 is 0 Å². The van der Waals surface area contributed by atoms with Gasteiger partial charge in [-0.1, -0.05) is 0 Å². The second kappa shape index (κ2) is 3.89. The number of aliphatic imine (C=N–C) groups is 1. The predicted octanol–water partition coefficient (Wildman–Crippen LogP) is 1.23. The minimum atomic E-state index is 0.400. The van der Waals surface area contributed by atoms with Crippen LogP contribution in [0, 0.1) is 11.5 Å². The molecule has 0 bridgehead atoms. The number of nitrogens with zero attached hydrogens (tertiary/aromatic N) is 3. The van der Waals surface area contributed by atoms with Gasteiger partial charge < -0.3 is 4.90 Å². The Balaban J connectivity index is 4.10. The molecule has 0 atom stereocenters. The van der Waals surface area contributed by atoms with Gasteiger partial charge in [-0.3, -0.25) is 0 Å². The molecule has 3 heteroatoms. The van der Waals surface area contributed by atoms with Crippen LogP contribution in [-0.4, -0.2) is 23.8 Å². The lowest BCUT2D eigenvalue weighted by molar-refractivity contribution is 0.415. The molecule has 0 spiro atoms. The lowest BCUT2D eigenvalue weighted by Gasteiger charge is -2.21. The van der Waals surface area contributed by atoms with Crippen LogP contribution in [0.4, 0.5) is 0 Å². The summed E-state index contributed by atoms with van der Waals surface area (Å²) in [5.74, 6) is 0.762. The van der Waals surface area contributed by atoms with E-state index >= 15 is 0 Å². The van der Waals surface area contributed by atoms with Crippen LogP contribution in [0.3, 0.4) is 0 Å². The van der Waals surface area contributed by atoms with Crippen molar-refractivity contribution in [2.45, 2.75) is 26.8 Å². The van der Waals surface area contributed by atoms with Crippen molar-refractivity contribution in [1.29, 1.82) is 5.26 Å². The average Bonchev–Trinajstić information content (AvgIpc) is 1.87. The SMILES string of the molecule is C/C(=N\C#N)N(C)C(C)C. The van der Waals surface area contributed by atoms with Crippen molar-refractivity contribution in [3.05, 3.63) is 0 Å². The summed E-state index contributed by atoms with van der Waals surface area (Å²) < 4.78 is 0. The second-order valence-electron chi connectivity index (χ2n) is 2.46. The van der Waals surface area contributed by atoms with Crippen LogP contribution in [-0.2, 0) is 0 Å². The van der Waals surface area contributed by atoms with Crippen LogP contribution in [0.5, 0.6) is 0 Å². The third kappa shape index (κ3) is 2.49. The van der Waals surface area contributed by atoms with E-state index in [2.05, 4.69) is 18.8 Å². The van der Waals surface area contributed by atoms with Crippen LogP contribution in [0.2, 0.25) is 0 Å². The van der Waals surface area contributed by atoms with E-state index in [1.54, 1.807) is 6.19 Å². The molecular weight excluding hydrogens is 126 g/mol. The van der Waals surface area contributed by atoms with Crippen LogP contribution in [0.1, 0.15) is 20.8 Å². The number of hydrogen-bond acceptors (Lipinski definition) is 2. The number of hydrogen-bond donors (Lipinski definition) is 0. The van der Waals surface area contributed by atoms with Crippen molar-refractivity contribution in [2.75, 3.05) is 7.05 Å².